The normalized spacial score (nSPS) is 32.5. The van der Waals surface area contributed by atoms with Crippen molar-refractivity contribution in [3.05, 3.63) is 0 Å². The topological polar surface area (TPSA) is 49.3 Å². The summed E-state index contributed by atoms with van der Waals surface area (Å²) in [5.74, 6) is 1.31. The molecule has 2 rings (SSSR count). The number of rotatable bonds is 3. The minimum atomic E-state index is -0.643. The molecule has 0 aromatic carbocycles. The molecule has 2 atom stereocenters. The Morgan fingerprint density at radius 2 is 1.88 bits per heavy atom. The minimum Gasteiger partial charge on any atom is -0.481 e. The van der Waals surface area contributed by atoms with Crippen LogP contribution in [0, 0.1) is 17.8 Å². The van der Waals surface area contributed by atoms with Gasteiger partial charge in [0.15, 0.2) is 0 Å². The summed E-state index contributed by atoms with van der Waals surface area (Å²) in [6.45, 7) is 2.01. The van der Waals surface area contributed by atoms with E-state index in [1.165, 1.54) is 32.1 Å². The molecule has 2 N–H and O–H groups in total. The highest BCUT2D eigenvalue weighted by Gasteiger charge is 2.29. The lowest BCUT2D eigenvalue weighted by Crippen LogP contribution is -2.40. The fourth-order valence-electron chi connectivity index (χ4n) is 3.43. The van der Waals surface area contributed by atoms with Crippen LogP contribution in [0.4, 0.5) is 0 Å². The van der Waals surface area contributed by atoms with Crippen molar-refractivity contribution in [1.82, 2.24) is 5.32 Å². The maximum absolute atomic E-state index is 10.7. The van der Waals surface area contributed by atoms with Gasteiger partial charge in [0.05, 0.1) is 0 Å². The third-order valence-corrected chi connectivity index (χ3v) is 4.26. The van der Waals surface area contributed by atoms with E-state index in [4.69, 9.17) is 5.11 Å². The molecule has 0 aromatic heterocycles. The van der Waals surface area contributed by atoms with E-state index in [-0.39, 0.29) is 0 Å². The van der Waals surface area contributed by atoms with Crippen LogP contribution in [0.1, 0.15) is 44.9 Å². The molecule has 1 saturated carbocycles. The van der Waals surface area contributed by atoms with Crippen LogP contribution in [0.5, 0.6) is 0 Å². The van der Waals surface area contributed by atoms with Gasteiger partial charge < -0.3 is 10.4 Å². The van der Waals surface area contributed by atoms with Crippen molar-refractivity contribution in [2.24, 2.45) is 17.8 Å². The molecule has 0 bridgehead atoms. The van der Waals surface area contributed by atoms with Crippen LogP contribution in [-0.2, 0) is 4.79 Å². The molecule has 3 nitrogen and oxygen atoms in total. The summed E-state index contributed by atoms with van der Waals surface area (Å²) >= 11 is 0. The first-order valence-corrected chi connectivity index (χ1v) is 6.68. The van der Waals surface area contributed by atoms with Gasteiger partial charge in [-0.15, -0.1) is 0 Å². The number of carbonyl (C=O) groups is 1. The number of carboxylic acids is 1. The van der Waals surface area contributed by atoms with Gasteiger partial charge in [-0.2, -0.15) is 0 Å². The molecule has 0 spiro atoms. The molecular weight excluding hydrogens is 202 g/mol. The second-order valence-electron chi connectivity index (χ2n) is 5.52. The van der Waals surface area contributed by atoms with Gasteiger partial charge >= 0.3 is 5.97 Å². The van der Waals surface area contributed by atoms with Gasteiger partial charge in [-0.05, 0) is 37.3 Å². The summed E-state index contributed by atoms with van der Waals surface area (Å²) in [6, 6.07) is 0. The van der Waals surface area contributed by atoms with Gasteiger partial charge in [-0.1, -0.05) is 32.1 Å². The van der Waals surface area contributed by atoms with Crippen molar-refractivity contribution < 1.29 is 9.90 Å². The maximum atomic E-state index is 10.7. The Labute approximate surface area is 97.6 Å². The smallest absolute Gasteiger partial charge is 0.303 e. The Morgan fingerprint density at radius 3 is 2.56 bits per heavy atom. The Kier molecular flexibility index (Phi) is 4.22. The highest BCUT2D eigenvalue weighted by molar-refractivity contribution is 5.67. The maximum Gasteiger partial charge on any atom is 0.303 e. The summed E-state index contributed by atoms with van der Waals surface area (Å²) in [6.07, 6.45) is 8.36. The van der Waals surface area contributed by atoms with Gasteiger partial charge in [0.1, 0.15) is 0 Å². The van der Waals surface area contributed by atoms with Crippen molar-refractivity contribution in [2.75, 3.05) is 13.1 Å². The van der Waals surface area contributed by atoms with Crippen LogP contribution in [0.2, 0.25) is 0 Å². The van der Waals surface area contributed by atoms with Crippen LogP contribution in [-0.4, -0.2) is 24.2 Å². The highest BCUT2D eigenvalue weighted by Crippen LogP contribution is 2.35. The van der Waals surface area contributed by atoms with Crippen molar-refractivity contribution in [3.8, 4) is 0 Å². The number of aliphatic carboxylic acids is 1. The number of nitrogens with one attached hydrogen (secondary N) is 1. The molecular formula is C13H23NO2. The molecule has 2 fully saturated rings. The van der Waals surface area contributed by atoms with Crippen LogP contribution < -0.4 is 5.32 Å². The summed E-state index contributed by atoms with van der Waals surface area (Å²) in [5, 5.41) is 12.3. The molecule has 92 valence electrons. The number of hydrogen-bond acceptors (Lipinski definition) is 2. The van der Waals surface area contributed by atoms with Crippen LogP contribution in [0.25, 0.3) is 0 Å². The molecule has 0 radical (unpaired) electrons. The van der Waals surface area contributed by atoms with E-state index in [0.717, 1.165) is 31.3 Å². The predicted molar refractivity (Wildman–Crippen MR) is 63.3 cm³/mol. The molecule has 2 unspecified atom stereocenters. The number of piperidine rings is 1. The lowest BCUT2D eigenvalue weighted by Gasteiger charge is -2.36. The van der Waals surface area contributed by atoms with E-state index < -0.39 is 5.97 Å². The van der Waals surface area contributed by atoms with Gasteiger partial charge in [0.25, 0.3) is 0 Å². The average Bonchev–Trinajstić information content (AvgIpc) is 2.30. The van der Waals surface area contributed by atoms with Crippen molar-refractivity contribution in [2.45, 2.75) is 44.9 Å². The second-order valence-corrected chi connectivity index (χ2v) is 5.52. The Bertz CT molecular complexity index is 236. The third kappa shape index (κ3) is 3.21. The van der Waals surface area contributed by atoms with E-state index in [2.05, 4.69) is 5.32 Å². The van der Waals surface area contributed by atoms with Crippen LogP contribution >= 0.6 is 0 Å². The van der Waals surface area contributed by atoms with Crippen molar-refractivity contribution >= 4 is 5.97 Å². The standard InChI is InChI=1S/C13H23NO2/c15-13(16)7-10-6-12(9-14-8-10)11-4-2-1-3-5-11/h10-12,14H,1-9H2,(H,15,16). The first-order chi connectivity index (χ1) is 7.75. The first-order valence-electron chi connectivity index (χ1n) is 6.68. The van der Waals surface area contributed by atoms with E-state index >= 15 is 0 Å². The molecule has 16 heavy (non-hydrogen) atoms. The second kappa shape index (κ2) is 5.67. The van der Waals surface area contributed by atoms with Crippen molar-refractivity contribution in [1.29, 1.82) is 0 Å². The summed E-state index contributed by atoms with van der Waals surface area (Å²) in [5.41, 5.74) is 0. The van der Waals surface area contributed by atoms with E-state index in [1.54, 1.807) is 0 Å². The van der Waals surface area contributed by atoms with Gasteiger partial charge in [0, 0.05) is 6.42 Å². The van der Waals surface area contributed by atoms with E-state index in [0.29, 0.717) is 12.3 Å². The molecule has 1 saturated heterocycles. The SMILES string of the molecule is O=C(O)CC1CNCC(C2CCCCC2)C1. The van der Waals surface area contributed by atoms with E-state index in [9.17, 15) is 4.79 Å². The first kappa shape index (κ1) is 11.9. The molecule has 0 amide bonds. The van der Waals surface area contributed by atoms with Gasteiger partial charge in [-0.3, -0.25) is 4.79 Å². The Balaban J connectivity index is 1.83. The van der Waals surface area contributed by atoms with E-state index in [1.807, 2.05) is 0 Å². The lowest BCUT2D eigenvalue weighted by molar-refractivity contribution is -0.138. The fourth-order valence-corrected chi connectivity index (χ4v) is 3.43. The predicted octanol–water partition coefficient (Wildman–Crippen LogP) is 2.27. The zero-order valence-electron chi connectivity index (χ0n) is 9.95. The fraction of sp³-hybridized carbons (Fsp3) is 0.923. The lowest BCUT2D eigenvalue weighted by atomic mass is 9.74. The highest BCUT2D eigenvalue weighted by atomic mass is 16.4. The monoisotopic (exact) mass is 225 g/mol. The van der Waals surface area contributed by atoms with Gasteiger partial charge in [0.2, 0.25) is 0 Å². The zero-order valence-corrected chi connectivity index (χ0v) is 9.95. The minimum absolute atomic E-state index is 0.343. The summed E-state index contributed by atoms with van der Waals surface area (Å²) in [4.78, 5) is 10.7. The Morgan fingerprint density at radius 1 is 1.12 bits per heavy atom. The molecule has 1 aliphatic heterocycles. The van der Waals surface area contributed by atoms with Crippen molar-refractivity contribution in [3.63, 3.8) is 0 Å². The molecule has 2 aliphatic rings. The van der Waals surface area contributed by atoms with Gasteiger partial charge in [-0.25, -0.2) is 0 Å². The largest absolute Gasteiger partial charge is 0.481 e. The average molecular weight is 225 g/mol. The quantitative estimate of drug-likeness (QED) is 0.774. The third-order valence-electron chi connectivity index (χ3n) is 4.26. The number of carboxylic acid groups (broad SMARTS) is 1. The zero-order chi connectivity index (χ0) is 11.4. The van der Waals surface area contributed by atoms with Crippen LogP contribution in [0.3, 0.4) is 0 Å². The molecule has 1 heterocycles. The Hall–Kier alpha value is -0.570. The number of hydrogen-bond donors (Lipinski definition) is 2. The summed E-state index contributed by atoms with van der Waals surface area (Å²) < 4.78 is 0. The summed E-state index contributed by atoms with van der Waals surface area (Å²) in [7, 11) is 0. The molecule has 3 heteroatoms. The molecule has 1 aliphatic carbocycles. The van der Waals surface area contributed by atoms with Crippen LogP contribution in [0.15, 0.2) is 0 Å². The molecule has 0 aromatic rings.